The molecule has 2 aromatic carbocycles. The highest BCUT2D eigenvalue weighted by atomic mass is 19.4. The van der Waals surface area contributed by atoms with Gasteiger partial charge in [-0.1, -0.05) is 37.6 Å². The van der Waals surface area contributed by atoms with Crippen LogP contribution in [0.1, 0.15) is 44.4 Å². The average Bonchev–Trinajstić information content (AvgIpc) is 3.12. The van der Waals surface area contributed by atoms with Gasteiger partial charge in [-0.3, -0.25) is 4.57 Å². The Labute approximate surface area is 177 Å². The molecule has 1 fully saturated rings. The summed E-state index contributed by atoms with van der Waals surface area (Å²) in [6.07, 6.45) is -2.84. The number of ether oxygens (including phenoxy) is 1. The molecule has 5 nitrogen and oxygen atoms in total. The summed E-state index contributed by atoms with van der Waals surface area (Å²) >= 11 is 0. The van der Waals surface area contributed by atoms with Crippen molar-refractivity contribution >= 4 is 17.0 Å². The summed E-state index contributed by atoms with van der Waals surface area (Å²) in [6, 6.07) is 11.3. The summed E-state index contributed by atoms with van der Waals surface area (Å²) in [6.45, 7) is 2.10. The van der Waals surface area contributed by atoms with Crippen molar-refractivity contribution in [2.24, 2.45) is 5.92 Å². The summed E-state index contributed by atoms with van der Waals surface area (Å²) < 4.78 is 45.7. The number of para-hydroxylation sites is 2. The number of carbonyl (C=O) groups is 1. The standard InChI is InChI=1S/C23H23F3N2O3/c1-14-5-4-6-17(13-14)31-22(30)21(29)28-19-8-3-2-7-18(19)27-20(28)15-9-11-16(12-10-15)23(24,25)26/h2-3,7-12,14,17,21,29H,4-6,13H2,1H3/t14?,17-,21+/m0/s1. The second kappa shape index (κ2) is 8.34. The molecule has 31 heavy (non-hydrogen) atoms. The van der Waals surface area contributed by atoms with Crippen LogP contribution in [0.15, 0.2) is 48.5 Å². The van der Waals surface area contributed by atoms with E-state index in [-0.39, 0.29) is 11.9 Å². The zero-order valence-electron chi connectivity index (χ0n) is 17.0. The lowest BCUT2D eigenvalue weighted by Gasteiger charge is -2.27. The van der Waals surface area contributed by atoms with Crippen LogP contribution in [0.3, 0.4) is 0 Å². The van der Waals surface area contributed by atoms with E-state index >= 15 is 0 Å². The molecule has 1 N–H and O–H groups in total. The van der Waals surface area contributed by atoms with Crippen LogP contribution in [0.25, 0.3) is 22.4 Å². The number of halogens is 3. The number of hydrogen-bond acceptors (Lipinski definition) is 4. The van der Waals surface area contributed by atoms with Crippen molar-refractivity contribution in [3.8, 4) is 11.4 Å². The fraction of sp³-hybridized carbons (Fsp3) is 0.391. The van der Waals surface area contributed by atoms with Crippen LogP contribution in [0, 0.1) is 5.92 Å². The number of rotatable bonds is 4. The summed E-state index contributed by atoms with van der Waals surface area (Å²) in [5, 5.41) is 10.9. The fourth-order valence-electron chi connectivity index (χ4n) is 4.12. The first-order chi connectivity index (χ1) is 14.7. The molecule has 8 heteroatoms. The molecule has 1 heterocycles. The van der Waals surface area contributed by atoms with E-state index in [0.29, 0.717) is 22.5 Å². The number of fused-ring (bicyclic) bond motifs is 1. The highest BCUT2D eigenvalue weighted by Gasteiger charge is 2.32. The number of carbonyl (C=O) groups excluding carboxylic acids is 1. The molecule has 3 atom stereocenters. The first kappa shape index (κ1) is 21.4. The largest absolute Gasteiger partial charge is 0.459 e. The van der Waals surface area contributed by atoms with Gasteiger partial charge in [0.15, 0.2) is 0 Å². The van der Waals surface area contributed by atoms with Crippen molar-refractivity contribution in [3.63, 3.8) is 0 Å². The van der Waals surface area contributed by atoms with Crippen LogP contribution in [0.2, 0.25) is 0 Å². The van der Waals surface area contributed by atoms with Crippen LogP contribution < -0.4 is 0 Å². The van der Waals surface area contributed by atoms with Crippen LogP contribution in [0.4, 0.5) is 13.2 Å². The van der Waals surface area contributed by atoms with Crippen molar-refractivity contribution in [1.82, 2.24) is 9.55 Å². The number of aromatic nitrogens is 2. The third-order valence-electron chi connectivity index (χ3n) is 5.69. The lowest BCUT2D eigenvalue weighted by molar-refractivity contribution is -0.166. The molecule has 0 bridgehead atoms. The first-order valence-corrected chi connectivity index (χ1v) is 10.3. The number of benzene rings is 2. The second-order valence-electron chi connectivity index (χ2n) is 8.07. The molecule has 3 aromatic rings. The van der Waals surface area contributed by atoms with Gasteiger partial charge in [0, 0.05) is 5.56 Å². The highest BCUT2D eigenvalue weighted by molar-refractivity contribution is 5.84. The summed E-state index contributed by atoms with van der Waals surface area (Å²) in [5.41, 5.74) is 0.557. The number of alkyl halides is 3. The van der Waals surface area contributed by atoms with E-state index in [1.54, 1.807) is 24.3 Å². The van der Waals surface area contributed by atoms with Crippen LogP contribution in [-0.2, 0) is 15.7 Å². The molecule has 1 aromatic heterocycles. The van der Waals surface area contributed by atoms with E-state index in [9.17, 15) is 23.1 Å². The van der Waals surface area contributed by atoms with Gasteiger partial charge in [-0.25, -0.2) is 9.78 Å². The van der Waals surface area contributed by atoms with Gasteiger partial charge in [0.2, 0.25) is 6.23 Å². The van der Waals surface area contributed by atoms with Gasteiger partial charge in [0.05, 0.1) is 16.6 Å². The SMILES string of the molecule is CC1CCC[C@H](OC(=O)[C@@H](O)n2c(-c3ccc(C(F)(F)F)cc3)nc3ccccc32)C1. The quantitative estimate of drug-likeness (QED) is 0.566. The number of aliphatic hydroxyl groups is 1. The van der Waals surface area contributed by atoms with Crippen LogP contribution >= 0.6 is 0 Å². The Balaban J connectivity index is 1.68. The van der Waals surface area contributed by atoms with Gasteiger partial charge < -0.3 is 9.84 Å². The van der Waals surface area contributed by atoms with Crippen molar-refractivity contribution < 1.29 is 27.8 Å². The summed E-state index contributed by atoms with van der Waals surface area (Å²) in [4.78, 5) is 17.2. The molecule has 0 saturated heterocycles. The Morgan fingerprint density at radius 2 is 1.87 bits per heavy atom. The molecular weight excluding hydrogens is 409 g/mol. The number of nitrogens with zero attached hydrogens (tertiary/aromatic N) is 2. The Bertz CT molecular complexity index is 1080. The maximum Gasteiger partial charge on any atom is 0.416 e. The highest BCUT2D eigenvalue weighted by Crippen LogP contribution is 2.33. The number of esters is 1. The van der Waals surface area contributed by atoms with Crippen LogP contribution in [-0.4, -0.2) is 26.7 Å². The van der Waals surface area contributed by atoms with Crippen molar-refractivity contribution in [3.05, 3.63) is 54.1 Å². The van der Waals surface area contributed by atoms with Crippen LogP contribution in [0.5, 0.6) is 0 Å². The van der Waals surface area contributed by atoms with Gasteiger partial charge in [0.1, 0.15) is 11.9 Å². The van der Waals surface area contributed by atoms with Gasteiger partial charge in [-0.15, -0.1) is 0 Å². The summed E-state index contributed by atoms with van der Waals surface area (Å²) in [7, 11) is 0. The zero-order chi connectivity index (χ0) is 22.2. The van der Waals surface area contributed by atoms with E-state index in [0.717, 1.165) is 37.8 Å². The lowest BCUT2D eigenvalue weighted by Crippen LogP contribution is -2.29. The fourth-order valence-corrected chi connectivity index (χ4v) is 4.12. The third-order valence-corrected chi connectivity index (χ3v) is 5.69. The van der Waals surface area contributed by atoms with Gasteiger partial charge >= 0.3 is 12.1 Å². The molecule has 164 valence electrons. The minimum Gasteiger partial charge on any atom is -0.459 e. The number of aliphatic hydroxyl groups excluding tert-OH is 1. The van der Waals surface area contributed by atoms with Gasteiger partial charge in [0.25, 0.3) is 0 Å². The van der Waals surface area contributed by atoms with Gasteiger partial charge in [-0.2, -0.15) is 13.2 Å². The van der Waals surface area contributed by atoms with E-state index in [2.05, 4.69) is 11.9 Å². The molecule has 0 aliphatic heterocycles. The predicted molar refractivity (Wildman–Crippen MR) is 109 cm³/mol. The Morgan fingerprint density at radius 3 is 2.55 bits per heavy atom. The van der Waals surface area contributed by atoms with Gasteiger partial charge in [-0.05, 0) is 49.4 Å². The minimum absolute atomic E-state index is 0.191. The molecule has 0 radical (unpaired) electrons. The number of imidazole rings is 1. The number of hydrogen-bond donors (Lipinski definition) is 1. The van der Waals surface area contributed by atoms with Crippen molar-refractivity contribution in [2.45, 2.75) is 51.1 Å². The maximum atomic E-state index is 12.9. The lowest BCUT2D eigenvalue weighted by atomic mass is 9.89. The second-order valence-corrected chi connectivity index (χ2v) is 8.07. The van der Waals surface area contributed by atoms with Crippen molar-refractivity contribution in [2.75, 3.05) is 0 Å². The molecule has 0 spiro atoms. The van der Waals surface area contributed by atoms with E-state index in [1.807, 2.05) is 0 Å². The molecule has 1 saturated carbocycles. The Morgan fingerprint density at radius 1 is 1.16 bits per heavy atom. The van der Waals surface area contributed by atoms with E-state index in [4.69, 9.17) is 4.74 Å². The van der Waals surface area contributed by atoms with E-state index < -0.39 is 23.9 Å². The molecular formula is C23H23F3N2O3. The predicted octanol–water partition coefficient (Wildman–Crippen LogP) is 5.33. The topological polar surface area (TPSA) is 64.3 Å². The molecule has 0 amide bonds. The minimum atomic E-state index is -4.46. The third kappa shape index (κ3) is 4.44. The van der Waals surface area contributed by atoms with E-state index in [1.165, 1.54) is 16.7 Å². The van der Waals surface area contributed by atoms with Crippen molar-refractivity contribution in [1.29, 1.82) is 0 Å². The Kier molecular flexibility index (Phi) is 5.75. The average molecular weight is 432 g/mol. The molecule has 1 aliphatic rings. The molecule has 1 aliphatic carbocycles. The Hall–Kier alpha value is -2.87. The normalized spacial score (nSPS) is 20.5. The molecule has 1 unspecified atom stereocenters. The zero-order valence-corrected chi connectivity index (χ0v) is 17.0. The maximum absolute atomic E-state index is 12.9. The monoisotopic (exact) mass is 432 g/mol. The molecule has 4 rings (SSSR count). The summed E-state index contributed by atoms with van der Waals surface area (Å²) in [5.74, 6) is -0.160. The first-order valence-electron chi connectivity index (χ1n) is 10.3. The smallest absolute Gasteiger partial charge is 0.416 e.